The normalized spacial score (nSPS) is 31.3. The van der Waals surface area contributed by atoms with E-state index >= 15 is 0 Å². The maximum absolute atomic E-state index is 13.4. The van der Waals surface area contributed by atoms with Gasteiger partial charge in [0.1, 0.15) is 5.54 Å². The Labute approximate surface area is 183 Å². The number of piperidine rings is 2. The highest BCUT2D eigenvalue weighted by molar-refractivity contribution is 6.07. The Morgan fingerprint density at radius 3 is 2.29 bits per heavy atom. The van der Waals surface area contributed by atoms with E-state index in [1.807, 2.05) is 18.7 Å². The lowest BCUT2D eigenvalue weighted by Gasteiger charge is -2.39. The van der Waals surface area contributed by atoms with Crippen LogP contribution >= 0.6 is 0 Å². The van der Waals surface area contributed by atoms with Gasteiger partial charge in [-0.05, 0) is 50.4 Å². The summed E-state index contributed by atoms with van der Waals surface area (Å²) in [6, 6.07) is -0.592. The Morgan fingerprint density at radius 1 is 1.00 bits per heavy atom. The molecule has 3 aliphatic heterocycles. The molecule has 2 saturated carbocycles. The zero-order valence-corrected chi connectivity index (χ0v) is 18.7. The third-order valence-electron chi connectivity index (χ3n) is 8.53. The summed E-state index contributed by atoms with van der Waals surface area (Å²) in [5.41, 5.74) is -0.611. The molecule has 0 aromatic rings. The molecule has 5 fully saturated rings. The second-order valence-electron chi connectivity index (χ2n) is 10.7. The molecule has 5 rings (SSSR count). The van der Waals surface area contributed by atoms with E-state index in [1.54, 1.807) is 4.90 Å². The molecule has 2 unspecified atom stereocenters. The van der Waals surface area contributed by atoms with Gasteiger partial charge < -0.3 is 15.1 Å². The van der Waals surface area contributed by atoms with Crippen molar-refractivity contribution in [3.63, 3.8) is 0 Å². The van der Waals surface area contributed by atoms with Gasteiger partial charge in [0, 0.05) is 38.0 Å². The first-order chi connectivity index (χ1) is 14.8. The first-order valence-corrected chi connectivity index (χ1v) is 12.0. The van der Waals surface area contributed by atoms with E-state index in [2.05, 4.69) is 5.32 Å². The van der Waals surface area contributed by atoms with Crippen LogP contribution < -0.4 is 5.32 Å². The van der Waals surface area contributed by atoms with Crippen LogP contribution in [0, 0.1) is 17.3 Å². The lowest BCUT2D eigenvalue weighted by molar-refractivity contribution is -0.142. The van der Waals surface area contributed by atoms with Crippen molar-refractivity contribution in [3.05, 3.63) is 0 Å². The fraction of sp³-hybridized carbons (Fsp3) is 0.826. The minimum atomic E-state index is -0.899. The highest BCUT2D eigenvalue weighted by Gasteiger charge is 2.62. The van der Waals surface area contributed by atoms with Crippen LogP contribution in [0.1, 0.15) is 65.2 Å². The summed E-state index contributed by atoms with van der Waals surface area (Å²) >= 11 is 0. The van der Waals surface area contributed by atoms with Gasteiger partial charge in [0.15, 0.2) is 0 Å². The first kappa shape index (κ1) is 20.8. The van der Waals surface area contributed by atoms with Gasteiger partial charge in [0.25, 0.3) is 5.91 Å². The molecule has 0 aromatic carbocycles. The Balaban J connectivity index is 1.23. The summed E-state index contributed by atoms with van der Waals surface area (Å²) < 4.78 is 0. The Morgan fingerprint density at radius 2 is 1.71 bits per heavy atom. The van der Waals surface area contributed by atoms with Crippen LogP contribution in [0.15, 0.2) is 0 Å². The largest absolute Gasteiger partial charge is 0.342 e. The standard InChI is InChI=1S/C23H34N4O4/c1-15(2)18(28)25-11-8-23(9-12-25)20(30)27(21(31)24-23)16-5-3-10-26(14-16)19(29)17-13-22(17)6-4-7-22/h15-17H,3-14H2,1-2H3,(H,24,31). The van der Waals surface area contributed by atoms with E-state index in [0.29, 0.717) is 32.5 Å². The molecule has 2 atom stereocenters. The number of imide groups is 1. The van der Waals surface area contributed by atoms with Crippen LogP contribution in [0.3, 0.4) is 0 Å². The molecular formula is C23H34N4O4. The second-order valence-corrected chi connectivity index (χ2v) is 10.7. The van der Waals surface area contributed by atoms with Crippen LogP contribution in [0.25, 0.3) is 0 Å². The zero-order chi connectivity index (χ0) is 22.0. The molecule has 3 heterocycles. The van der Waals surface area contributed by atoms with Gasteiger partial charge in [-0.1, -0.05) is 20.3 Å². The molecule has 2 spiro atoms. The molecule has 5 aliphatic rings. The van der Waals surface area contributed by atoms with Gasteiger partial charge in [-0.3, -0.25) is 19.3 Å². The van der Waals surface area contributed by atoms with Crippen molar-refractivity contribution in [1.29, 1.82) is 0 Å². The fourth-order valence-electron chi connectivity index (χ4n) is 6.25. The monoisotopic (exact) mass is 430 g/mol. The minimum absolute atomic E-state index is 0.0734. The third-order valence-corrected chi connectivity index (χ3v) is 8.53. The molecular weight excluding hydrogens is 396 g/mol. The molecule has 1 N–H and O–H groups in total. The highest BCUT2D eigenvalue weighted by atomic mass is 16.2. The van der Waals surface area contributed by atoms with Crippen molar-refractivity contribution in [1.82, 2.24) is 20.0 Å². The lowest BCUT2D eigenvalue weighted by atomic mass is 9.79. The maximum Gasteiger partial charge on any atom is 0.325 e. The van der Waals surface area contributed by atoms with Gasteiger partial charge in [-0.2, -0.15) is 0 Å². The topological polar surface area (TPSA) is 90.0 Å². The summed E-state index contributed by atoms with van der Waals surface area (Å²) in [5.74, 6) is 0.240. The van der Waals surface area contributed by atoms with Crippen LogP contribution in [0.2, 0.25) is 0 Å². The van der Waals surface area contributed by atoms with Crippen molar-refractivity contribution in [3.8, 4) is 0 Å². The van der Waals surface area contributed by atoms with Gasteiger partial charge in [-0.15, -0.1) is 0 Å². The fourth-order valence-corrected chi connectivity index (χ4v) is 6.25. The summed E-state index contributed by atoms with van der Waals surface area (Å²) in [4.78, 5) is 56.7. The number of carbonyl (C=O) groups excluding carboxylic acids is 4. The summed E-state index contributed by atoms with van der Waals surface area (Å²) in [7, 11) is 0. The molecule has 2 aliphatic carbocycles. The van der Waals surface area contributed by atoms with Crippen LogP contribution in [-0.4, -0.2) is 76.2 Å². The van der Waals surface area contributed by atoms with E-state index < -0.39 is 5.54 Å². The number of amides is 5. The number of nitrogens with zero attached hydrogens (tertiary/aromatic N) is 3. The molecule has 170 valence electrons. The average molecular weight is 431 g/mol. The molecule has 8 nitrogen and oxygen atoms in total. The summed E-state index contributed by atoms with van der Waals surface area (Å²) in [6.07, 6.45) is 7.06. The number of hydrogen-bond donors (Lipinski definition) is 1. The summed E-state index contributed by atoms with van der Waals surface area (Å²) in [5, 5.41) is 2.96. The molecule has 31 heavy (non-hydrogen) atoms. The van der Waals surface area contributed by atoms with E-state index in [4.69, 9.17) is 0 Å². The number of hydrogen-bond acceptors (Lipinski definition) is 4. The zero-order valence-electron chi connectivity index (χ0n) is 18.7. The molecule has 0 bridgehead atoms. The minimum Gasteiger partial charge on any atom is -0.342 e. The molecule has 8 heteroatoms. The molecule has 3 saturated heterocycles. The smallest absolute Gasteiger partial charge is 0.325 e. The van der Waals surface area contributed by atoms with E-state index in [0.717, 1.165) is 25.8 Å². The third kappa shape index (κ3) is 3.24. The number of nitrogens with one attached hydrogen (secondary N) is 1. The maximum atomic E-state index is 13.4. The number of urea groups is 1. The first-order valence-electron chi connectivity index (χ1n) is 12.0. The Bertz CT molecular complexity index is 812. The van der Waals surface area contributed by atoms with E-state index in [-0.39, 0.29) is 47.0 Å². The van der Waals surface area contributed by atoms with Crippen molar-refractivity contribution < 1.29 is 19.2 Å². The van der Waals surface area contributed by atoms with Crippen LogP contribution in [-0.2, 0) is 14.4 Å². The molecule has 0 aromatic heterocycles. The van der Waals surface area contributed by atoms with Gasteiger partial charge in [0.05, 0.1) is 6.04 Å². The summed E-state index contributed by atoms with van der Waals surface area (Å²) in [6.45, 7) is 5.90. The predicted molar refractivity (Wildman–Crippen MR) is 113 cm³/mol. The predicted octanol–water partition coefficient (Wildman–Crippen LogP) is 1.74. The quantitative estimate of drug-likeness (QED) is 0.691. The lowest BCUT2D eigenvalue weighted by Crippen LogP contribution is -2.57. The Kier molecular flexibility index (Phi) is 4.83. The number of rotatable bonds is 3. The average Bonchev–Trinajstić information content (AvgIpc) is 3.45. The van der Waals surface area contributed by atoms with E-state index in [9.17, 15) is 19.2 Å². The van der Waals surface area contributed by atoms with Gasteiger partial charge in [-0.25, -0.2) is 4.79 Å². The SMILES string of the molecule is CC(C)C(=O)N1CCC2(CC1)NC(=O)N(C1CCCN(C(=O)C3CC34CCC4)C1)C2=O. The highest BCUT2D eigenvalue weighted by Crippen LogP contribution is 2.66. The van der Waals surface area contributed by atoms with Gasteiger partial charge in [0.2, 0.25) is 11.8 Å². The second kappa shape index (κ2) is 7.20. The van der Waals surface area contributed by atoms with Crippen LogP contribution in [0.4, 0.5) is 4.79 Å². The molecule has 5 amide bonds. The molecule has 0 radical (unpaired) electrons. The van der Waals surface area contributed by atoms with Crippen molar-refractivity contribution in [2.24, 2.45) is 17.3 Å². The van der Waals surface area contributed by atoms with Gasteiger partial charge >= 0.3 is 6.03 Å². The number of likely N-dealkylation sites (tertiary alicyclic amines) is 2. The number of carbonyl (C=O) groups is 4. The van der Waals surface area contributed by atoms with E-state index in [1.165, 1.54) is 24.2 Å². The van der Waals surface area contributed by atoms with Crippen molar-refractivity contribution in [2.45, 2.75) is 76.8 Å². The van der Waals surface area contributed by atoms with Crippen molar-refractivity contribution in [2.75, 3.05) is 26.2 Å². The van der Waals surface area contributed by atoms with Crippen molar-refractivity contribution >= 4 is 23.8 Å². The van der Waals surface area contributed by atoms with Crippen LogP contribution in [0.5, 0.6) is 0 Å². The Hall–Kier alpha value is -2.12.